The molecule has 0 spiro atoms. The number of hydrogen-bond donors (Lipinski definition) is 1. The van der Waals surface area contributed by atoms with Gasteiger partial charge >= 0.3 is 0 Å². The molecule has 2 rings (SSSR count). The van der Waals surface area contributed by atoms with Gasteiger partial charge in [0.25, 0.3) is 0 Å². The summed E-state index contributed by atoms with van der Waals surface area (Å²) in [6.07, 6.45) is 2.96. The Morgan fingerprint density at radius 2 is 1.84 bits per heavy atom. The molecule has 0 aromatic heterocycles. The predicted octanol–water partition coefficient (Wildman–Crippen LogP) is 3.92. The average Bonchev–Trinajstić information content (AvgIpc) is 2.28. The Morgan fingerprint density at radius 1 is 1.16 bits per heavy atom. The lowest BCUT2D eigenvalue weighted by atomic mass is 9.70. The van der Waals surface area contributed by atoms with E-state index in [1.807, 2.05) is 0 Å². The van der Waals surface area contributed by atoms with Crippen molar-refractivity contribution in [2.45, 2.75) is 45.6 Å². The molecule has 1 N–H and O–H groups in total. The van der Waals surface area contributed by atoms with Gasteiger partial charge in [0.2, 0.25) is 0 Å². The third kappa shape index (κ3) is 3.75. The maximum Gasteiger partial charge on any atom is 0.162 e. The molecular formula is C16H23F2N. The van der Waals surface area contributed by atoms with Gasteiger partial charge in [-0.15, -0.1) is 0 Å². The van der Waals surface area contributed by atoms with E-state index in [4.69, 9.17) is 0 Å². The first-order valence-electron chi connectivity index (χ1n) is 7.05. The Morgan fingerprint density at radius 3 is 2.42 bits per heavy atom. The number of nitrogens with one attached hydrogen (secondary N) is 1. The molecule has 1 nitrogen and oxygen atoms in total. The molecule has 19 heavy (non-hydrogen) atoms. The van der Waals surface area contributed by atoms with Crippen molar-refractivity contribution < 1.29 is 8.78 Å². The van der Waals surface area contributed by atoms with Crippen LogP contribution in [-0.2, 0) is 6.42 Å². The monoisotopic (exact) mass is 267 g/mol. The molecule has 0 saturated heterocycles. The molecule has 1 saturated carbocycles. The van der Waals surface area contributed by atoms with Crippen LogP contribution in [0, 0.1) is 23.5 Å². The van der Waals surface area contributed by atoms with E-state index in [9.17, 15) is 8.78 Å². The summed E-state index contributed by atoms with van der Waals surface area (Å²) in [6.45, 7) is 7.40. The van der Waals surface area contributed by atoms with Gasteiger partial charge in [0, 0.05) is 5.54 Å². The zero-order valence-corrected chi connectivity index (χ0v) is 12.0. The summed E-state index contributed by atoms with van der Waals surface area (Å²) >= 11 is 0. The molecule has 0 bridgehead atoms. The van der Waals surface area contributed by atoms with Crippen LogP contribution in [0.25, 0.3) is 0 Å². The Labute approximate surface area is 114 Å². The topological polar surface area (TPSA) is 12.0 Å². The fourth-order valence-corrected chi connectivity index (χ4v) is 2.60. The Bertz CT molecular complexity index is 437. The number of rotatable bonds is 4. The van der Waals surface area contributed by atoms with E-state index in [1.54, 1.807) is 12.1 Å². The summed E-state index contributed by atoms with van der Waals surface area (Å²) < 4.78 is 26.8. The van der Waals surface area contributed by atoms with Gasteiger partial charge in [-0.2, -0.15) is 0 Å². The fraction of sp³-hybridized carbons (Fsp3) is 0.625. The van der Waals surface area contributed by atoms with Crippen molar-refractivity contribution in [3.63, 3.8) is 0 Å². The van der Waals surface area contributed by atoms with Gasteiger partial charge in [-0.05, 0) is 70.0 Å². The van der Waals surface area contributed by atoms with Crippen LogP contribution in [0.4, 0.5) is 8.78 Å². The molecule has 1 aromatic rings. The summed E-state index contributed by atoms with van der Waals surface area (Å²) in [5, 5.41) is 3.50. The summed E-state index contributed by atoms with van der Waals surface area (Å²) in [4.78, 5) is 0. The summed E-state index contributed by atoms with van der Waals surface area (Å²) in [6, 6.07) is 4.47. The quantitative estimate of drug-likeness (QED) is 0.871. The molecule has 3 heteroatoms. The van der Waals surface area contributed by atoms with E-state index in [0.717, 1.165) is 13.0 Å². The van der Waals surface area contributed by atoms with Crippen LogP contribution in [0.2, 0.25) is 0 Å². The molecule has 106 valence electrons. The van der Waals surface area contributed by atoms with Crippen LogP contribution < -0.4 is 5.32 Å². The molecule has 0 heterocycles. The minimum atomic E-state index is -0.735. The normalized spacial score (nSPS) is 23.2. The van der Waals surface area contributed by atoms with Gasteiger partial charge < -0.3 is 5.32 Å². The van der Waals surface area contributed by atoms with Gasteiger partial charge in [-0.1, -0.05) is 12.1 Å². The van der Waals surface area contributed by atoms with Gasteiger partial charge in [-0.3, -0.25) is 0 Å². The van der Waals surface area contributed by atoms with Crippen molar-refractivity contribution in [1.29, 1.82) is 0 Å². The van der Waals surface area contributed by atoms with E-state index in [2.05, 4.69) is 26.1 Å². The SMILES string of the molecule is CC(C)(C)NCC1CCC1Cc1cccc(F)c1F. The molecule has 0 aliphatic heterocycles. The number of hydrogen-bond acceptors (Lipinski definition) is 1. The van der Waals surface area contributed by atoms with Crippen LogP contribution in [-0.4, -0.2) is 12.1 Å². The number of benzene rings is 1. The van der Waals surface area contributed by atoms with E-state index < -0.39 is 11.6 Å². The maximum absolute atomic E-state index is 13.6. The highest BCUT2D eigenvalue weighted by Crippen LogP contribution is 2.37. The first-order valence-corrected chi connectivity index (χ1v) is 7.05. The lowest BCUT2D eigenvalue weighted by Crippen LogP contribution is -2.44. The van der Waals surface area contributed by atoms with E-state index >= 15 is 0 Å². The Hall–Kier alpha value is -0.960. The second-order valence-electron chi connectivity index (χ2n) is 6.65. The Balaban J connectivity index is 1.91. The molecule has 2 atom stereocenters. The predicted molar refractivity (Wildman–Crippen MR) is 74.0 cm³/mol. The maximum atomic E-state index is 13.6. The third-order valence-electron chi connectivity index (χ3n) is 3.98. The summed E-state index contributed by atoms with van der Waals surface area (Å²) in [5.74, 6) is -0.342. The molecular weight excluding hydrogens is 244 g/mol. The van der Waals surface area contributed by atoms with E-state index in [0.29, 0.717) is 23.8 Å². The van der Waals surface area contributed by atoms with Crippen molar-refractivity contribution in [3.8, 4) is 0 Å². The van der Waals surface area contributed by atoms with Crippen molar-refractivity contribution in [3.05, 3.63) is 35.4 Å². The highest BCUT2D eigenvalue weighted by atomic mass is 19.2. The van der Waals surface area contributed by atoms with Crippen LogP contribution >= 0.6 is 0 Å². The lowest BCUT2D eigenvalue weighted by molar-refractivity contribution is 0.158. The third-order valence-corrected chi connectivity index (χ3v) is 3.98. The molecule has 2 unspecified atom stereocenters. The Kier molecular flexibility index (Phi) is 4.24. The average molecular weight is 267 g/mol. The first kappa shape index (κ1) is 14.4. The highest BCUT2D eigenvalue weighted by Gasteiger charge is 2.32. The van der Waals surface area contributed by atoms with Gasteiger partial charge in [0.05, 0.1) is 0 Å². The van der Waals surface area contributed by atoms with Crippen molar-refractivity contribution in [2.75, 3.05) is 6.54 Å². The molecule has 1 aliphatic rings. The molecule has 1 fully saturated rings. The fourth-order valence-electron chi connectivity index (χ4n) is 2.60. The van der Waals surface area contributed by atoms with E-state index in [1.165, 1.54) is 12.5 Å². The summed E-state index contributed by atoms with van der Waals surface area (Å²) in [7, 11) is 0. The lowest BCUT2D eigenvalue weighted by Gasteiger charge is -2.39. The first-order chi connectivity index (χ1) is 8.87. The summed E-state index contributed by atoms with van der Waals surface area (Å²) in [5.41, 5.74) is 0.634. The second-order valence-corrected chi connectivity index (χ2v) is 6.65. The number of halogens is 2. The van der Waals surface area contributed by atoms with Gasteiger partial charge in [-0.25, -0.2) is 8.78 Å². The van der Waals surface area contributed by atoms with Crippen molar-refractivity contribution in [2.24, 2.45) is 11.8 Å². The van der Waals surface area contributed by atoms with Crippen molar-refractivity contribution in [1.82, 2.24) is 5.32 Å². The van der Waals surface area contributed by atoms with Crippen LogP contribution in [0.5, 0.6) is 0 Å². The zero-order chi connectivity index (χ0) is 14.0. The van der Waals surface area contributed by atoms with Crippen LogP contribution in [0.1, 0.15) is 39.2 Å². The van der Waals surface area contributed by atoms with Crippen LogP contribution in [0.15, 0.2) is 18.2 Å². The van der Waals surface area contributed by atoms with E-state index in [-0.39, 0.29) is 5.54 Å². The molecule has 0 amide bonds. The smallest absolute Gasteiger partial charge is 0.162 e. The van der Waals surface area contributed by atoms with Crippen LogP contribution in [0.3, 0.4) is 0 Å². The largest absolute Gasteiger partial charge is 0.312 e. The minimum absolute atomic E-state index is 0.115. The minimum Gasteiger partial charge on any atom is -0.312 e. The van der Waals surface area contributed by atoms with Crippen molar-refractivity contribution >= 4 is 0 Å². The molecule has 1 aromatic carbocycles. The second kappa shape index (κ2) is 5.58. The van der Waals surface area contributed by atoms with Gasteiger partial charge in [0.1, 0.15) is 0 Å². The molecule has 0 radical (unpaired) electrons. The standard InChI is InChI=1S/C16H23F2N/c1-16(2,3)19-10-13-8-7-11(13)9-12-5-4-6-14(17)15(12)18/h4-6,11,13,19H,7-10H2,1-3H3. The molecule has 1 aliphatic carbocycles. The van der Waals surface area contributed by atoms with Gasteiger partial charge in [0.15, 0.2) is 11.6 Å². The highest BCUT2D eigenvalue weighted by molar-refractivity contribution is 5.20. The zero-order valence-electron chi connectivity index (χ0n) is 12.0.